The lowest BCUT2D eigenvalue weighted by atomic mass is 10.1. The predicted octanol–water partition coefficient (Wildman–Crippen LogP) is 8.13. The topological polar surface area (TPSA) is 28.3 Å². The normalized spacial score (nSPS) is 11.1. The number of aromatic nitrogens is 2. The van der Waals surface area contributed by atoms with Gasteiger partial charge in [0.1, 0.15) is 11.5 Å². The molecule has 186 valence electrons. The maximum atomic E-state index is 5.89. The Morgan fingerprint density at radius 2 is 0.735 bits per heavy atom. The molecule has 0 fully saturated rings. The molecule has 4 nitrogen and oxygen atoms in total. The van der Waals surface area contributed by atoms with Crippen LogP contribution in [0.4, 0.5) is 0 Å². The maximum Gasteiger partial charge on any atom is 0.119 e. The SMILES string of the molecule is c1ccn(CCCCCCCCOc2ccc(OCCCCCCCCn3cccc3)cc2)c1. The minimum Gasteiger partial charge on any atom is -0.494 e. The van der Waals surface area contributed by atoms with E-state index in [0.29, 0.717) is 0 Å². The van der Waals surface area contributed by atoms with Gasteiger partial charge in [-0.05, 0) is 74.2 Å². The summed E-state index contributed by atoms with van der Waals surface area (Å²) in [4.78, 5) is 0. The standard InChI is InChI=1S/C30H44N2O2/c1(5-9-21-31-23-11-12-24-31)3-7-15-27-33-29-17-19-30(20-18-29)34-28-16-8-4-2-6-10-22-32-25-13-14-26-32/h11-14,17-20,23-26H,1-10,15-16,21-22,27-28H2. The van der Waals surface area contributed by atoms with E-state index < -0.39 is 0 Å². The molecule has 4 heteroatoms. The monoisotopic (exact) mass is 464 g/mol. The predicted molar refractivity (Wildman–Crippen MR) is 142 cm³/mol. The molecule has 0 aliphatic heterocycles. The summed E-state index contributed by atoms with van der Waals surface area (Å²) in [7, 11) is 0. The van der Waals surface area contributed by atoms with Crippen molar-refractivity contribution < 1.29 is 9.47 Å². The Labute approximate surface area is 206 Å². The van der Waals surface area contributed by atoms with Crippen LogP contribution in [0.2, 0.25) is 0 Å². The number of rotatable bonds is 20. The van der Waals surface area contributed by atoms with Crippen molar-refractivity contribution in [3.8, 4) is 11.5 Å². The molecule has 0 saturated heterocycles. The third kappa shape index (κ3) is 11.5. The molecule has 3 aromatic rings. The van der Waals surface area contributed by atoms with Crippen LogP contribution in [0.15, 0.2) is 73.3 Å². The molecule has 0 spiro atoms. The Morgan fingerprint density at radius 1 is 0.412 bits per heavy atom. The van der Waals surface area contributed by atoms with Gasteiger partial charge in [0.25, 0.3) is 0 Å². The van der Waals surface area contributed by atoms with Crippen molar-refractivity contribution in [2.24, 2.45) is 0 Å². The summed E-state index contributed by atoms with van der Waals surface area (Å²) in [5.74, 6) is 1.89. The second-order valence-corrected chi connectivity index (χ2v) is 9.25. The van der Waals surface area contributed by atoms with Crippen LogP contribution in [0, 0.1) is 0 Å². The molecule has 0 aliphatic carbocycles. The largest absolute Gasteiger partial charge is 0.494 e. The highest BCUT2D eigenvalue weighted by Crippen LogP contribution is 2.19. The van der Waals surface area contributed by atoms with E-state index in [2.05, 4.69) is 58.2 Å². The highest BCUT2D eigenvalue weighted by molar-refractivity contribution is 5.31. The zero-order chi connectivity index (χ0) is 23.5. The first kappa shape index (κ1) is 26.0. The first-order valence-electron chi connectivity index (χ1n) is 13.5. The van der Waals surface area contributed by atoms with Crippen molar-refractivity contribution in [2.75, 3.05) is 13.2 Å². The lowest BCUT2D eigenvalue weighted by Gasteiger charge is -2.09. The van der Waals surface area contributed by atoms with Crippen molar-refractivity contribution in [2.45, 2.75) is 90.1 Å². The van der Waals surface area contributed by atoms with Crippen LogP contribution >= 0.6 is 0 Å². The summed E-state index contributed by atoms with van der Waals surface area (Å²) in [6, 6.07) is 16.5. The van der Waals surface area contributed by atoms with Gasteiger partial charge < -0.3 is 18.6 Å². The summed E-state index contributed by atoms with van der Waals surface area (Å²) in [5, 5.41) is 0. The van der Waals surface area contributed by atoms with Gasteiger partial charge in [-0.2, -0.15) is 0 Å². The van der Waals surface area contributed by atoms with Crippen molar-refractivity contribution in [3.05, 3.63) is 73.3 Å². The molecule has 0 aliphatic rings. The smallest absolute Gasteiger partial charge is 0.119 e. The van der Waals surface area contributed by atoms with Crippen LogP contribution in [0.5, 0.6) is 11.5 Å². The summed E-state index contributed by atoms with van der Waals surface area (Å²) >= 11 is 0. The summed E-state index contributed by atoms with van der Waals surface area (Å²) < 4.78 is 16.3. The Kier molecular flexibility index (Phi) is 12.9. The van der Waals surface area contributed by atoms with Crippen LogP contribution in [-0.4, -0.2) is 22.3 Å². The third-order valence-electron chi connectivity index (χ3n) is 6.31. The van der Waals surface area contributed by atoms with Gasteiger partial charge in [-0.25, -0.2) is 0 Å². The lowest BCUT2D eigenvalue weighted by molar-refractivity contribution is 0.296. The molecule has 0 radical (unpaired) electrons. The molecule has 0 saturated carbocycles. The first-order valence-corrected chi connectivity index (χ1v) is 13.5. The molecule has 2 heterocycles. The van der Waals surface area contributed by atoms with Crippen LogP contribution in [0.3, 0.4) is 0 Å². The number of hydrogen-bond donors (Lipinski definition) is 0. The van der Waals surface area contributed by atoms with Crippen molar-refractivity contribution in [3.63, 3.8) is 0 Å². The Balaban J connectivity index is 1.09. The zero-order valence-electron chi connectivity index (χ0n) is 21.0. The van der Waals surface area contributed by atoms with Crippen molar-refractivity contribution >= 4 is 0 Å². The van der Waals surface area contributed by atoms with Crippen LogP contribution in [-0.2, 0) is 13.1 Å². The van der Waals surface area contributed by atoms with E-state index >= 15 is 0 Å². The van der Waals surface area contributed by atoms with Gasteiger partial charge in [0.15, 0.2) is 0 Å². The van der Waals surface area contributed by atoms with Crippen LogP contribution in [0.25, 0.3) is 0 Å². The van der Waals surface area contributed by atoms with E-state index in [1.54, 1.807) is 0 Å². The van der Waals surface area contributed by atoms with Gasteiger partial charge in [-0.1, -0.05) is 51.4 Å². The summed E-state index contributed by atoms with van der Waals surface area (Å²) in [6.07, 6.45) is 23.8. The zero-order valence-corrected chi connectivity index (χ0v) is 21.0. The maximum absolute atomic E-state index is 5.89. The quantitative estimate of drug-likeness (QED) is 0.158. The van der Waals surface area contributed by atoms with Crippen molar-refractivity contribution in [1.82, 2.24) is 9.13 Å². The van der Waals surface area contributed by atoms with Gasteiger partial charge >= 0.3 is 0 Å². The van der Waals surface area contributed by atoms with Gasteiger partial charge in [-0.3, -0.25) is 0 Å². The molecule has 1 aromatic carbocycles. The van der Waals surface area contributed by atoms with Crippen molar-refractivity contribution in [1.29, 1.82) is 0 Å². The lowest BCUT2D eigenvalue weighted by Crippen LogP contribution is -1.99. The second-order valence-electron chi connectivity index (χ2n) is 9.25. The van der Waals surface area contributed by atoms with E-state index in [4.69, 9.17) is 9.47 Å². The molecule has 0 bridgehead atoms. The van der Waals surface area contributed by atoms with E-state index in [1.165, 1.54) is 64.2 Å². The van der Waals surface area contributed by atoms with E-state index in [0.717, 1.165) is 50.6 Å². The highest BCUT2D eigenvalue weighted by Gasteiger charge is 1.99. The molecule has 0 atom stereocenters. The number of hydrogen-bond acceptors (Lipinski definition) is 2. The average molecular weight is 465 g/mol. The minimum absolute atomic E-state index is 0.801. The molecule has 0 unspecified atom stereocenters. The fraction of sp³-hybridized carbons (Fsp3) is 0.533. The molecule has 3 rings (SSSR count). The van der Waals surface area contributed by atoms with Crippen LogP contribution < -0.4 is 9.47 Å². The number of aryl methyl sites for hydroxylation is 2. The van der Waals surface area contributed by atoms with Crippen LogP contribution in [0.1, 0.15) is 77.0 Å². The number of benzene rings is 1. The Hall–Kier alpha value is -2.62. The number of nitrogens with zero attached hydrogens (tertiary/aromatic N) is 2. The number of ether oxygens (including phenoxy) is 2. The van der Waals surface area contributed by atoms with Gasteiger partial charge in [0.2, 0.25) is 0 Å². The third-order valence-corrected chi connectivity index (χ3v) is 6.31. The molecular weight excluding hydrogens is 420 g/mol. The molecule has 34 heavy (non-hydrogen) atoms. The van der Waals surface area contributed by atoms with Gasteiger partial charge in [0, 0.05) is 37.9 Å². The minimum atomic E-state index is 0.801. The second kappa shape index (κ2) is 16.9. The van der Waals surface area contributed by atoms with E-state index in [1.807, 2.05) is 24.3 Å². The highest BCUT2D eigenvalue weighted by atomic mass is 16.5. The fourth-order valence-corrected chi connectivity index (χ4v) is 4.26. The fourth-order valence-electron chi connectivity index (χ4n) is 4.26. The molecule has 0 N–H and O–H groups in total. The Morgan fingerprint density at radius 3 is 1.12 bits per heavy atom. The average Bonchev–Trinajstić information content (AvgIpc) is 3.57. The first-order chi connectivity index (χ1) is 16.9. The Bertz CT molecular complexity index is 754. The van der Waals surface area contributed by atoms with Gasteiger partial charge in [-0.15, -0.1) is 0 Å². The van der Waals surface area contributed by atoms with E-state index in [-0.39, 0.29) is 0 Å². The molecule has 0 amide bonds. The summed E-state index contributed by atoms with van der Waals surface area (Å²) in [6.45, 7) is 3.89. The molecule has 2 aromatic heterocycles. The molecular formula is C30H44N2O2. The number of unbranched alkanes of at least 4 members (excludes halogenated alkanes) is 10. The van der Waals surface area contributed by atoms with E-state index in [9.17, 15) is 0 Å². The summed E-state index contributed by atoms with van der Waals surface area (Å²) in [5.41, 5.74) is 0. The van der Waals surface area contributed by atoms with Gasteiger partial charge in [0.05, 0.1) is 13.2 Å².